The summed E-state index contributed by atoms with van der Waals surface area (Å²) in [6.45, 7) is 0. The van der Waals surface area contributed by atoms with Crippen LogP contribution in [0.5, 0.6) is 0 Å². The fraction of sp³-hybridized carbons (Fsp3) is 0.240. The molecule has 2 aromatic carbocycles. The summed E-state index contributed by atoms with van der Waals surface area (Å²) >= 11 is 0. The Morgan fingerprint density at radius 3 is 2.64 bits per heavy atom. The van der Waals surface area contributed by atoms with Gasteiger partial charge in [-0.2, -0.15) is 5.10 Å². The van der Waals surface area contributed by atoms with Crippen molar-refractivity contribution in [2.45, 2.75) is 31.3 Å². The third-order valence-electron chi connectivity index (χ3n) is 6.78. The molecule has 1 saturated heterocycles. The first-order chi connectivity index (χ1) is 15.9. The molecule has 2 aliphatic rings. The van der Waals surface area contributed by atoms with Crippen LogP contribution < -0.4 is 0 Å². The molecule has 1 amide bonds. The van der Waals surface area contributed by atoms with Gasteiger partial charge in [-0.05, 0) is 55.7 Å². The Morgan fingerprint density at radius 2 is 1.85 bits per heavy atom. The van der Waals surface area contributed by atoms with Crippen molar-refractivity contribution in [2.24, 2.45) is 7.05 Å². The molecule has 2 bridgehead atoms. The van der Waals surface area contributed by atoms with Crippen LogP contribution >= 0.6 is 0 Å². The van der Waals surface area contributed by atoms with Crippen molar-refractivity contribution in [1.29, 1.82) is 0 Å². The molecule has 5 nitrogen and oxygen atoms in total. The third-order valence-corrected chi connectivity index (χ3v) is 6.78. The zero-order valence-electron chi connectivity index (χ0n) is 17.7. The van der Waals surface area contributed by atoms with E-state index >= 15 is 0 Å². The monoisotopic (exact) mass is 448 g/mol. The second-order valence-electron chi connectivity index (χ2n) is 8.66. The minimum atomic E-state index is -1.49. The number of benzene rings is 2. The number of halogens is 3. The van der Waals surface area contributed by atoms with E-state index in [4.69, 9.17) is 0 Å². The van der Waals surface area contributed by atoms with Gasteiger partial charge < -0.3 is 4.90 Å². The van der Waals surface area contributed by atoms with Crippen molar-refractivity contribution in [2.75, 3.05) is 0 Å². The van der Waals surface area contributed by atoms with Crippen LogP contribution in [0.2, 0.25) is 0 Å². The van der Waals surface area contributed by atoms with Gasteiger partial charge in [-0.1, -0.05) is 6.07 Å². The largest absolute Gasteiger partial charge is 0.327 e. The van der Waals surface area contributed by atoms with E-state index < -0.39 is 17.5 Å². The zero-order valence-corrected chi connectivity index (χ0v) is 17.7. The molecule has 6 rings (SSSR count). The molecule has 166 valence electrons. The van der Waals surface area contributed by atoms with Crippen LogP contribution in [0.25, 0.3) is 22.2 Å². The fourth-order valence-corrected chi connectivity index (χ4v) is 5.36. The van der Waals surface area contributed by atoms with Crippen LogP contribution in [-0.4, -0.2) is 31.6 Å². The number of amides is 1. The average Bonchev–Trinajstić information content (AvgIpc) is 3.32. The quantitative estimate of drug-likeness (QED) is 0.408. The lowest BCUT2D eigenvalue weighted by Gasteiger charge is -2.34. The number of hydrogen-bond donors (Lipinski definition) is 0. The van der Waals surface area contributed by atoms with Gasteiger partial charge in [0.05, 0.1) is 22.9 Å². The van der Waals surface area contributed by atoms with Crippen molar-refractivity contribution < 1.29 is 18.0 Å². The smallest absolute Gasteiger partial charge is 0.254 e. The number of rotatable bonds is 2. The first-order valence-electron chi connectivity index (χ1n) is 10.8. The Bertz CT molecular complexity index is 1420. The zero-order chi connectivity index (χ0) is 22.9. The minimum absolute atomic E-state index is 0.0438. The molecular formula is C25H19F3N4O. The predicted octanol–water partition coefficient (Wildman–Crippen LogP) is 4.95. The summed E-state index contributed by atoms with van der Waals surface area (Å²) < 4.78 is 42.9. The number of hydrogen-bond acceptors (Lipinski definition) is 3. The Morgan fingerprint density at radius 1 is 1.06 bits per heavy atom. The van der Waals surface area contributed by atoms with Gasteiger partial charge in [-0.25, -0.2) is 13.2 Å². The van der Waals surface area contributed by atoms with Crippen molar-refractivity contribution in [1.82, 2.24) is 19.7 Å². The maximum atomic E-state index is 13.9. The molecular weight excluding hydrogens is 429 g/mol. The Hall–Kier alpha value is -3.68. The maximum absolute atomic E-state index is 13.9. The molecule has 4 heterocycles. The first-order valence-corrected chi connectivity index (χ1v) is 10.8. The van der Waals surface area contributed by atoms with Crippen molar-refractivity contribution >= 4 is 16.8 Å². The standard InChI is InChI=1S/C25H19F3N4O/c1-31-24(15-10-18(26)22(28)19(27)11-15)17-12-16-5-7-21(23(17)30-31)32(16)25(33)14-4-6-20-13(9-14)3-2-8-29-20/h2-4,6,8-11,16,21H,5,7,12H2,1H3/t16-,21+/m1/s1. The summed E-state index contributed by atoms with van der Waals surface area (Å²) in [5.74, 6) is -4.02. The van der Waals surface area contributed by atoms with E-state index in [2.05, 4.69) is 10.1 Å². The van der Waals surface area contributed by atoms with Crippen LogP contribution in [0.4, 0.5) is 13.2 Å². The predicted molar refractivity (Wildman–Crippen MR) is 116 cm³/mol. The van der Waals surface area contributed by atoms with Gasteiger partial charge in [-0.3, -0.25) is 14.5 Å². The normalized spacial score (nSPS) is 19.2. The Kier molecular flexibility index (Phi) is 4.33. The van der Waals surface area contributed by atoms with Gasteiger partial charge >= 0.3 is 0 Å². The highest BCUT2D eigenvalue weighted by molar-refractivity contribution is 5.98. The number of carbonyl (C=O) groups excluding carboxylic acids is 1. The van der Waals surface area contributed by atoms with Gasteiger partial charge in [0, 0.05) is 41.4 Å². The summed E-state index contributed by atoms with van der Waals surface area (Å²) in [5, 5.41) is 5.54. The molecule has 2 aromatic heterocycles. The van der Waals surface area contributed by atoms with Crippen LogP contribution in [0.3, 0.4) is 0 Å². The lowest BCUT2D eigenvalue weighted by Crippen LogP contribution is -2.41. The van der Waals surface area contributed by atoms with Gasteiger partial charge in [-0.15, -0.1) is 0 Å². The maximum Gasteiger partial charge on any atom is 0.254 e. The van der Waals surface area contributed by atoms with Crippen LogP contribution in [0.1, 0.15) is 40.5 Å². The summed E-state index contributed by atoms with van der Waals surface area (Å²) in [4.78, 5) is 19.7. The van der Waals surface area contributed by atoms with E-state index in [1.165, 1.54) is 0 Å². The highest BCUT2D eigenvalue weighted by Gasteiger charge is 2.45. The first kappa shape index (κ1) is 20.0. The Labute approximate surface area is 187 Å². The highest BCUT2D eigenvalue weighted by atomic mass is 19.2. The summed E-state index contributed by atoms with van der Waals surface area (Å²) in [6, 6.07) is 11.0. The van der Waals surface area contributed by atoms with Crippen LogP contribution in [0, 0.1) is 17.5 Å². The highest BCUT2D eigenvalue weighted by Crippen LogP contribution is 2.46. The topological polar surface area (TPSA) is 51.0 Å². The van der Waals surface area contributed by atoms with Gasteiger partial charge in [0.2, 0.25) is 0 Å². The van der Waals surface area contributed by atoms with Crippen LogP contribution in [-0.2, 0) is 13.5 Å². The van der Waals surface area contributed by atoms with Crippen LogP contribution in [0.15, 0.2) is 48.7 Å². The molecule has 0 radical (unpaired) electrons. The molecule has 8 heteroatoms. The lowest BCUT2D eigenvalue weighted by atomic mass is 9.94. The molecule has 0 saturated carbocycles. The van der Waals surface area contributed by atoms with E-state index in [1.807, 2.05) is 29.2 Å². The summed E-state index contributed by atoms with van der Waals surface area (Å²) in [5.41, 5.74) is 3.82. The van der Waals surface area contributed by atoms with E-state index in [-0.39, 0.29) is 23.6 Å². The molecule has 0 spiro atoms. The number of aromatic nitrogens is 3. The van der Waals surface area contributed by atoms with Crippen molar-refractivity contribution in [3.05, 3.63) is 82.9 Å². The number of nitrogens with zero attached hydrogens (tertiary/aromatic N) is 4. The van der Waals surface area contributed by atoms with Crippen molar-refractivity contribution in [3.8, 4) is 11.3 Å². The fourth-order valence-electron chi connectivity index (χ4n) is 5.36. The van der Waals surface area contributed by atoms with E-state index in [0.717, 1.165) is 47.1 Å². The average molecular weight is 448 g/mol. The summed E-state index contributed by atoms with van der Waals surface area (Å²) in [7, 11) is 1.70. The molecule has 2 atom stereocenters. The van der Waals surface area contributed by atoms with E-state index in [0.29, 0.717) is 17.7 Å². The SMILES string of the molecule is Cn1nc2c(c1-c1cc(F)c(F)c(F)c1)C[C@H]1CC[C@@H]2N1C(=O)c1ccc2ncccc2c1. The molecule has 33 heavy (non-hydrogen) atoms. The van der Waals surface area contributed by atoms with E-state index in [1.54, 1.807) is 24.0 Å². The van der Waals surface area contributed by atoms with Gasteiger partial charge in [0.1, 0.15) is 0 Å². The number of carbonyl (C=O) groups is 1. The number of fused-ring (bicyclic) bond motifs is 5. The molecule has 1 fully saturated rings. The number of aryl methyl sites for hydroxylation is 1. The molecule has 0 aliphatic carbocycles. The minimum Gasteiger partial charge on any atom is -0.327 e. The second-order valence-corrected chi connectivity index (χ2v) is 8.66. The number of pyridine rings is 1. The lowest BCUT2D eigenvalue weighted by molar-refractivity contribution is 0.0642. The van der Waals surface area contributed by atoms with Gasteiger partial charge in [0.15, 0.2) is 17.5 Å². The Balaban J connectivity index is 1.40. The molecule has 0 unspecified atom stereocenters. The third kappa shape index (κ3) is 2.97. The summed E-state index contributed by atoms with van der Waals surface area (Å²) in [6.07, 6.45) is 3.82. The molecule has 4 aromatic rings. The molecule has 2 aliphatic heterocycles. The van der Waals surface area contributed by atoms with Crippen molar-refractivity contribution in [3.63, 3.8) is 0 Å². The van der Waals surface area contributed by atoms with E-state index in [9.17, 15) is 18.0 Å². The molecule has 0 N–H and O–H groups in total. The van der Waals surface area contributed by atoms with Gasteiger partial charge in [0.25, 0.3) is 5.91 Å². The second kappa shape index (κ2) is 7.16.